The summed E-state index contributed by atoms with van der Waals surface area (Å²) < 4.78 is 4.69. The zero-order chi connectivity index (χ0) is 20.4. The van der Waals surface area contributed by atoms with E-state index in [0.717, 1.165) is 0 Å². The predicted octanol–water partition coefficient (Wildman–Crippen LogP) is 2.40. The average molecular weight is 377 g/mol. The van der Waals surface area contributed by atoms with Gasteiger partial charge in [0.1, 0.15) is 17.9 Å². The summed E-state index contributed by atoms with van der Waals surface area (Å²) in [5.74, 6) is -2.65. The molecule has 2 rings (SSSR count). The topological polar surface area (TPSA) is 153 Å². The minimum Gasteiger partial charge on any atom is -0.478 e. The molecule has 0 unspecified atom stereocenters. The fourth-order valence-corrected chi connectivity index (χ4v) is 1.81. The summed E-state index contributed by atoms with van der Waals surface area (Å²) in [5, 5.41) is 26.2. The summed E-state index contributed by atoms with van der Waals surface area (Å²) in [5.41, 5.74) is 0.508. The molecule has 0 atom stereocenters. The van der Waals surface area contributed by atoms with Gasteiger partial charge in [-0.3, -0.25) is 4.79 Å². The summed E-state index contributed by atoms with van der Waals surface area (Å²) in [6.45, 7) is 0.979. The molecule has 2 aromatic rings. The van der Waals surface area contributed by atoms with E-state index in [2.05, 4.69) is 9.57 Å². The number of esters is 1. The highest BCUT2D eigenvalue weighted by atomic mass is 16.9. The van der Waals surface area contributed by atoms with Crippen molar-refractivity contribution in [3.05, 3.63) is 75.3 Å². The molecule has 2 N–H and O–H groups in total. The first-order valence-electron chi connectivity index (χ1n) is 7.31. The van der Waals surface area contributed by atoms with E-state index in [0.29, 0.717) is 5.56 Å². The van der Waals surface area contributed by atoms with Crippen LogP contribution in [0.5, 0.6) is 5.75 Å². The molecule has 0 aliphatic rings. The van der Waals surface area contributed by atoms with Crippen LogP contribution in [0.3, 0.4) is 0 Å². The van der Waals surface area contributed by atoms with Crippen molar-refractivity contribution >= 4 is 17.9 Å². The molecule has 0 saturated heterocycles. The quantitative estimate of drug-likeness (QED) is 0.334. The van der Waals surface area contributed by atoms with Gasteiger partial charge in [0.15, 0.2) is 0 Å². The second kappa shape index (κ2) is 10.1. The zero-order valence-corrected chi connectivity index (χ0v) is 14.0. The minimum absolute atomic E-state index is 0.0160. The molecule has 0 bridgehead atoms. The lowest BCUT2D eigenvalue weighted by Crippen LogP contribution is -2.06. The number of hydrogen-bond acceptors (Lipinski definition) is 7. The number of carboxylic acid groups (broad SMARTS) is 2. The van der Waals surface area contributed by atoms with Crippen molar-refractivity contribution < 1.29 is 39.3 Å². The summed E-state index contributed by atoms with van der Waals surface area (Å²) in [7, 11) is 0. The third-order valence-electron chi connectivity index (χ3n) is 2.88. The van der Waals surface area contributed by atoms with E-state index in [1.807, 2.05) is 0 Å². The minimum atomic E-state index is -1.11. The SMILES string of the molecule is CC(=O)Oc1ccccc1C(=O)O.O=C(O)c1cccc(CO[N+](=O)[O-])c1. The molecule has 27 heavy (non-hydrogen) atoms. The van der Waals surface area contributed by atoms with Crippen LogP contribution in [0.2, 0.25) is 0 Å². The van der Waals surface area contributed by atoms with E-state index in [1.165, 1.54) is 37.3 Å². The lowest BCUT2D eigenvalue weighted by molar-refractivity contribution is -0.763. The molecule has 0 aromatic heterocycles. The maximum atomic E-state index is 10.6. The summed E-state index contributed by atoms with van der Waals surface area (Å²) in [6.07, 6.45) is 0. The third kappa shape index (κ3) is 7.65. The molecule has 0 saturated carbocycles. The maximum Gasteiger partial charge on any atom is 0.339 e. The van der Waals surface area contributed by atoms with Gasteiger partial charge in [-0.2, -0.15) is 0 Å². The highest BCUT2D eigenvalue weighted by Gasteiger charge is 2.11. The van der Waals surface area contributed by atoms with Crippen molar-refractivity contribution in [2.24, 2.45) is 0 Å². The van der Waals surface area contributed by atoms with Crippen LogP contribution >= 0.6 is 0 Å². The first-order chi connectivity index (χ1) is 12.7. The van der Waals surface area contributed by atoms with Crippen LogP contribution in [-0.2, 0) is 16.2 Å². The lowest BCUT2D eigenvalue weighted by Gasteiger charge is -2.03. The van der Waals surface area contributed by atoms with Gasteiger partial charge in [0, 0.05) is 6.92 Å². The van der Waals surface area contributed by atoms with Crippen molar-refractivity contribution in [1.82, 2.24) is 0 Å². The second-order valence-corrected chi connectivity index (χ2v) is 4.90. The number of hydrogen-bond donors (Lipinski definition) is 2. The normalized spacial score (nSPS) is 9.37. The van der Waals surface area contributed by atoms with E-state index in [9.17, 15) is 24.5 Å². The van der Waals surface area contributed by atoms with Crippen LogP contribution in [0, 0.1) is 10.1 Å². The number of benzene rings is 2. The number of nitrogens with zero attached hydrogens (tertiary/aromatic N) is 1. The Morgan fingerprint density at radius 1 is 1.04 bits per heavy atom. The molecule has 2 aromatic carbocycles. The van der Waals surface area contributed by atoms with Crippen molar-refractivity contribution in [1.29, 1.82) is 0 Å². The fourth-order valence-electron chi connectivity index (χ4n) is 1.81. The Balaban J connectivity index is 0.000000271. The van der Waals surface area contributed by atoms with Gasteiger partial charge in [0.05, 0.1) is 5.56 Å². The van der Waals surface area contributed by atoms with E-state index >= 15 is 0 Å². The molecule has 0 aliphatic carbocycles. The molecule has 0 amide bonds. The first-order valence-corrected chi connectivity index (χ1v) is 7.31. The number of rotatable bonds is 6. The van der Waals surface area contributed by atoms with Gasteiger partial charge >= 0.3 is 17.9 Å². The van der Waals surface area contributed by atoms with E-state index < -0.39 is 23.0 Å². The molecule has 0 spiro atoms. The van der Waals surface area contributed by atoms with Crippen LogP contribution in [0.25, 0.3) is 0 Å². The van der Waals surface area contributed by atoms with Crippen LogP contribution in [-0.4, -0.2) is 33.2 Å². The Bertz CT molecular complexity index is 848. The van der Waals surface area contributed by atoms with E-state index in [1.54, 1.807) is 18.2 Å². The summed E-state index contributed by atoms with van der Waals surface area (Å²) in [6, 6.07) is 11.8. The fraction of sp³-hybridized carbons (Fsp3) is 0.118. The number of aromatic carboxylic acids is 2. The Hall–Kier alpha value is -3.95. The molecule has 142 valence electrons. The van der Waals surface area contributed by atoms with Gasteiger partial charge in [-0.15, -0.1) is 10.1 Å². The number of carbonyl (C=O) groups is 3. The second-order valence-electron chi connectivity index (χ2n) is 4.90. The molecular formula is C17H15NO9. The van der Waals surface area contributed by atoms with Crippen LogP contribution in [0.15, 0.2) is 48.5 Å². The van der Waals surface area contributed by atoms with Gasteiger partial charge in [0.25, 0.3) is 5.09 Å². The zero-order valence-electron chi connectivity index (χ0n) is 14.0. The lowest BCUT2D eigenvalue weighted by atomic mass is 10.1. The molecule has 0 radical (unpaired) electrons. The number of para-hydroxylation sites is 1. The average Bonchev–Trinajstić information content (AvgIpc) is 2.60. The number of carbonyl (C=O) groups excluding carboxylic acids is 1. The van der Waals surface area contributed by atoms with Crippen LogP contribution < -0.4 is 4.74 Å². The Kier molecular flexibility index (Phi) is 7.92. The highest BCUT2D eigenvalue weighted by Crippen LogP contribution is 2.17. The standard InChI is InChI=1S/C9H8O4.C8H7NO5/c1-6(10)13-8-5-3-2-4-7(8)9(11)12;10-8(11)7-3-1-2-6(4-7)5-14-9(12)13/h2-5H,1H3,(H,11,12);1-4H,5H2,(H,10,11). The van der Waals surface area contributed by atoms with Gasteiger partial charge in [-0.25, -0.2) is 9.59 Å². The molecular weight excluding hydrogens is 362 g/mol. The van der Waals surface area contributed by atoms with E-state index in [-0.39, 0.29) is 23.5 Å². The van der Waals surface area contributed by atoms with Crippen LogP contribution in [0.1, 0.15) is 33.2 Å². The van der Waals surface area contributed by atoms with Gasteiger partial charge < -0.3 is 19.8 Å². The largest absolute Gasteiger partial charge is 0.478 e. The molecule has 10 heteroatoms. The van der Waals surface area contributed by atoms with Gasteiger partial charge in [-0.1, -0.05) is 24.3 Å². The predicted molar refractivity (Wildman–Crippen MR) is 89.9 cm³/mol. The molecule has 0 heterocycles. The molecule has 10 nitrogen and oxygen atoms in total. The van der Waals surface area contributed by atoms with Crippen molar-refractivity contribution in [3.8, 4) is 5.75 Å². The van der Waals surface area contributed by atoms with Crippen molar-refractivity contribution in [2.45, 2.75) is 13.5 Å². The first kappa shape index (κ1) is 21.1. The van der Waals surface area contributed by atoms with Crippen LogP contribution in [0.4, 0.5) is 0 Å². The monoisotopic (exact) mass is 377 g/mol. The van der Waals surface area contributed by atoms with Gasteiger partial charge in [-0.05, 0) is 29.8 Å². The Morgan fingerprint density at radius 2 is 1.70 bits per heavy atom. The Labute approximate surface area is 152 Å². The molecule has 0 fully saturated rings. The number of ether oxygens (including phenoxy) is 1. The molecule has 0 aliphatic heterocycles. The van der Waals surface area contributed by atoms with Crippen molar-refractivity contribution in [3.63, 3.8) is 0 Å². The highest BCUT2D eigenvalue weighted by molar-refractivity contribution is 5.91. The third-order valence-corrected chi connectivity index (χ3v) is 2.88. The summed E-state index contributed by atoms with van der Waals surface area (Å²) in [4.78, 5) is 45.7. The van der Waals surface area contributed by atoms with Crippen molar-refractivity contribution in [2.75, 3.05) is 0 Å². The smallest absolute Gasteiger partial charge is 0.339 e. The summed E-state index contributed by atoms with van der Waals surface area (Å²) >= 11 is 0. The maximum absolute atomic E-state index is 10.6. The number of carboxylic acids is 2. The van der Waals surface area contributed by atoms with E-state index in [4.69, 9.17) is 10.2 Å². The van der Waals surface area contributed by atoms with Gasteiger partial charge in [0.2, 0.25) is 0 Å². The Morgan fingerprint density at radius 3 is 2.26 bits per heavy atom.